The Morgan fingerprint density at radius 2 is 2.06 bits per heavy atom. The first-order valence-corrected chi connectivity index (χ1v) is 10.2. The molecule has 1 saturated carbocycles. The number of hydrogen-bond donors (Lipinski definition) is 2. The van der Waals surface area contributed by atoms with Gasteiger partial charge in [0.1, 0.15) is 5.69 Å². The second kappa shape index (κ2) is 8.60. The zero-order valence-electron chi connectivity index (χ0n) is 17.3. The third-order valence-electron chi connectivity index (χ3n) is 5.28. The lowest BCUT2D eigenvalue weighted by Crippen LogP contribution is -2.30. The van der Waals surface area contributed by atoms with Gasteiger partial charge in [-0.15, -0.1) is 0 Å². The highest BCUT2D eigenvalue weighted by Crippen LogP contribution is 2.41. The Labute approximate surface area is 181 Å². The van der Waals surface area contributed by atoms with Gasteiger partial charge in [0, 0.05) is 19.7 Å². The molecule has 1 atom stereocenters. The average Bonchev–Trinajstić information content (AvgIpc) is 3.35. The predicted octanol–water partition coefficient (Wildman–Crippen LogP) is 2.30. The zero-order chi connectivity index (χ0) is 22.9. The maximum Gasteiger partial charge on any atom is 0.389 e. The van der Waals surface area contributed by atoms with E-state index >= 15 is 0 Å². The molecule has 2 amide bonds. The zero-order valence-corrected chi connectivity index (χ0v) is 17.3. The molecule has 1 fully saturated rings. The monoisotopic (exact) mass is 449 g/mol. The molecular formula is C20H22F3N7O2. The van der Waals surface area contributed by atoms with Crippen LogP contribution < -0.4 is 10.6 Å². The standard InChI is InChI=1S/C20H22F3N7O2/c1-29-15(5-7-25-29)19(32)24-10-14-11-30-16(27-14)8-13(9-26-30)18(12-2-3-12)28-17(31)4-6-20(21,22)23/h5,7-9,11-12,18H,2-4,6,10H2,1H3,(H,24,32)(H,28,31). The van der Waals surface area contributed by atoms with Gasteiger partial charge in [0.2, 0.25) is 5.91 Å². The molecule has 32 heavy (non-hydrogen) atoms. The van der Waals surface area contributed by atoms with Gasteiger partial charge >= 0.3 is 6.18 Å². The van der Waals surface area contributed by atoms with Crippen molar-refractivity contribution in [1.29, 1.82) is 0 Å². The molecule has 12 heteroatoms. The molecule has 0 aliphatic heterocycles. The van der Waals surface area contributed by atoms with Gasteiger partial charge < -0.3 is 10.6 Å². The Kier molecular flexibility index (Phi) is 5.85. The van der Waals surface area contributed by atoms with Gasteiger partial charge in [-0.25, -0.2) is 9.50 Å². The SMILES string of the molecule is Cn1nccc1C(=O)NCc1cn2ncc(C(NC(=O)CCC(F)(F)F)C3CC3)cc2n1. The van der Waals surface area contributed by atoms with E-state index in [-0.39, 0.29) is 18.4 Å². The fraction of sp³-hybridized carbons (Fsp3) is 0.450. The molecule has 1 unspecified atom stereocenters. The summed E-state index contributed by atoms with van der Waals surface area (Å²) in [6.07, 6.45) is 0.434. The molecular weight excluding hydrogens is 427 g/mol. The Morgan fingerprint density at radius 3 is 2.72 bits per heavy atom. The predicted molar refractivity (Wildman–Crippen MR) is 106 cm³/mol. The molecule has 4 rings (SSSR count). The van der Waals surface area contributed by atoms with Crippen LogP contribution in [0.2, 0.25) is 0 Å². The minimum absolute atomic E-state index is 0.168. The van der Waals surface area contributed by atoms with Gasteiger partial charge in [0.05, 0.1) is 37.1 Å². The van der Waals surface area contributed by atoms with Crippen LogP contribution >= 0.6 is 0 Å². The van der Waals surface area contributed by atoms with Gasteiger partial charge in [-0.2, -0.15) is 23.4 Å². The van der Waals surface area contributed by atoms with Crippen molar-refractivity contribution in [3.63, 3.8) is 0 Å². The van der Waals surface area contributed by atoms with Crippen molar-refractivity contribution in [2.45, 2.75) is 44.4 Å². The number of nitrogens with one attached hydrogen (secondary N) is 2. The Balaban J connectivity index is 1.43. The molecule has 170 valence electrons. The van der Waals surface area contributed by atoms with E-state index in [1.165, 1.54) is 10.9 Å². The van der Waals surface area contributed by atoms with Crippen LogP contribution in [0.4, 0.5) is 13.2 Å². The fourth-order valence-corrected chi connectivity index (χ4v) is 3.46. The third kappa shape index (κ3) is 5.24. The number of imidazole rings is 1. The Bertz CT molecular complexity index is 1130. The van der Waals surface area contributed by atoms with Crippen LogP contribution in [0.1, 0.15) is 53.5 Å². The highest BCUT2D eigenvalue weighted by Gasteiger charge is 2.35. The normalized spacial score (nSPS) is 15.0. The largest absolute Gasteiger partial charge is 0.389 e. The smallest absolute Gasteiger partial charge is 0.349 e. The van der Waals surface area contributed by atoms with Crippen molar-refractivity contribution < 1.29 is 22.8 Å². The molecule has 9 nitrogen and oxygen atoms in total. The first-order valence-electron chi connectivity index (χ1n) is 10.2. The average molecular weight is 449 g/mol. The number of aryl methyl sites for hydroxylation is 1. The summed E-state index contributed by atoms with van der Waals surface area (Å²) in [5.74, 6) is -0.756. The highest BCUT2D eigenvalue weighted by molar-refractivity contribution is 5.92. The second-order valence-electron chi connectivity index (χ2n) is 7.84. The van der Waals surface area contributed by atoms with Crippen molar-refractivity contribution in [3.05, 3.63) is 47.7 Å². The van der Waals surface area contributed by atoms with E-state index in [9.17, 15) is 22.8 Å². The summed E-state index contributed by atoms with van der Waals surface area (Å²) < 4.78 is 40.2. The van der Waals surface area contributed by atoms with Crippen molar-refractivity contribution in [2.75, 3.05) is 0 Å². The number of fused-ring (bicyclic) bond motifs is 1. The lowest BCUT2D eigenvalue weighted by molar-refractivity contribution is -0.144. The van der Waals surface area contributed by atoms with Crippen LogP contribution in [0.15, 0.2) is 30.7 Å². The number of amides is 2. The highest BCUT2D eigenvalue weighted by atomic mass is 19.4. The number of halogens is 3. The quantitative estimate of drug-likeness (QED) is 0.549. The molecule has 0 spiro atoms. The maximum atomic E-state index is 12.4. The van der Waals surface area contributed by atoms with Gasteiger partial charge in [-0.05, 0) is 36.5 Å². The molecule has 2 N–H and O–H groups in total. The van der Waals surface area contributed by atoms with E-state index in [1.54, 1.807) is 36.1 Å². The number of rotatable bonds is 8. The number of carbonyl (C=O) groups excluding carboxylic acids is 2. The van der Waals surface area contributed by atoms with Crippen LogP contribution in [0.5, 0.6) is 0 Å². The van der Waals surface area contributed by atoms with Gasteiger partial charge in [0.15, 0.2) is 5.65 Å². The maximum absolute atomic E-state index is 12.4. The number of hydrogen-bond acceptors (Lipinski definition) is 5. The van der Waals surface area contributed by atoms with Crippen LogP contribution in [0.25, 0.3) is 5.65 Å². The number of nitrogens with zero attached hydrogens (tertiary/aromatic N) is 5. The van der Waals surface area contributed by atoms with Gasteiger partial charge in [0.25, 0.3) is 5.91 Å². The number of alkyl halides is 3. The number of aromatic nitrogens is 5. The summed E-state index contributed by atoms with van der Waals surface area (Å²) in [6.45, 7) is 0.183. The summed E-state index contributed by atoms with van der Waals surface area (Å²) in [5.41, 5.74) is 2.21. The molecule has 1 aliphatic rings. The molecule has 0 radical (unpaired) electrons. The topological polar surface area (TPSA) is 106 Å². The first kappa shape index (κ1) is 21.8. The molecule has 0 saturated heterocycles. The molecule has 3 heterocycles. The van der Waals surface area contributed by atoms with E-state index in [1.807, 2.05) is 0 Å². The summed E-state index contributed by atoms with van der Waals surface area (Å²) >= 11 is 0. The lowest BCUT2D eigenvalue weighted by Gasteiger charge is -2.19. The van der Waals surface area contributed by atoms with Crippen LogP contribution in [-0.2, 0) is 18.4 Å². The van der Waals surface area contributed by atoms with E-state index in [2.05, 4.69) is 25.8 Å². The van der Waals surface area contributed by atoms with Crippen molar-refractivity contribution in [2.24, 2.45) is 13.0 Å². The second-order valence-corrected chi connectivity index (χ2v) is 7.84. The van der Waals surface area contributed by atoms with Gasteiger partial charge in [-0.3, -0.25) is 14.3 Å². The van der Waals surface area contributed by atoms with Crippen molar-refractivity contribution in [1.82, 2.24) is 35.0 Å². The van der Waals surface area contributed by atoms with Crippen LogP contribution in [-0.4, -0.2) is 42.4 Å². The van der Waals surface area contributed by atoms with Crippen LogP contribution in [0, 0.1) is 5.92 Å². The Hall–Kier alpha value is -3.44. The van der Waals surface area contributed by atoms with E-state index < -0.39 is 31.0 Å². The molecule has 1 aliphatic carbocycles. The van der Waals surface area contributed by atoms with Crippen molar-refractivity contribution in [3.8, 4) is 0 Å². The fourth-order valence-electron chi connectivity index (χ4n) is 3.46. The molecule has 3 aromatic heterocycles. The first-order chi connectivity index (χ1) is 15.2. The van der Waals surface area contributed by atoms with Crippen LogP contribution in [0.3, 0.4) is 0 Å². The summed E-state index contributed by atoms with van der Waals surface area (Å²) in [6, 6.07) is 2.96. The Morgan fingerprint density at radius 1 is 1.28 bits per heavy atom. The summed E-state index contributed by atoms with van der Waals surface area (Å²) in [7, 11) is 1.67. The minimum atomic E-state index is -4.37. The molecule has 0 bridgehead atoms. The number of carbonyl (C=O) groups is 2. The summed E-state index contributed by atoms with van der Waals surface area (Å²) in [4.78, 5) is 28.7. The van der Waals surface area contributed by atoms with Crippen molar-refractivity contribution >= 4 is 17.5 Å². The minimum Gasteiger partial charge on any atom is -0.349 e. The van der Waals surface area contributed by atoms with E-state index in [4.69, 9.17) is 0 Å². The third-order valence-corrected chi connectivity index (χ3v) is 5.28. The van der Waals surface area contributed by atoms with Gasteiger partial charge in [-0.1, -0.05) is 0 Å². The molecule has 0 aromatic carbocycles. The van der Waals surface area contributed by atoms with E-state index in [0.717, 1.165) is 12.8 Å². The van der Waals surface area contributed by atoms with E-state index in [0.29, 0.717) is 22.6 Å². The summed E-state index contributed by atoms with van der Waals surface area (Å²) in [5, 5.41) is 13.8. The molecule has 3 aromatic rings. The lowest BCUT2D eigenvalue weighted by atomic mass is 10.0.